The number of carboxylic acid groups (broad SMARTS) is 1. The molecule has 0 unspecified atom stereocenters. The number of carbonyl (C=O) groups is 1. The van der Waals surface area contributed by atoms with Crippen molar-refractivity contribution in [2.24, 2.45) is 5.73 Å². The van der Waals surface area contributed by atoms with Gasteiger partial charge in [0.15, 0.2) is 0 Å². The van der Waals surface area contributed by atoms with Crippen LogP contribution in [0.2, 0.25) is 5.02 Å². The van der Waals surface area contributed by atoms with Crippen molar-refractivity contribution in [1.82, 2.24) is 0 Å². The van der Waals surface area contributed by atoms with E-state index in [0.717, 1.165) is 30.4 Å². The number of aromatic carboxylic acids is 1. The molecule has 1 aromatic carbocycles. The molecule has 0 radical (unpaired) electrons. The topological polar surface area (TPSA) is 63.3 Å². The summed E-state index contributed by atoms with van der Waals surface area (Å²) >= 11 is 5.88. The smallest absolute Gasteiger partial charge is 0.337 e. The number of fused-ring (bicyclic) bond motifs is 1. The van der Waals surface area contributed by atoms with E-state index in [1.807, 2.05) is 6.07 Å². The van der Waals surface area contributed by atoms with Crippen LogP contribution in [0.4, 0.5) is 0 Å². The predicted molar refractivity (Wildman–Crippen MR) is 58.3 cm³/mol. The monoisotopic (exact) mass is 225 g/mol. The van der Waals surface area contributed by atoms with Crippen LogP contribution >= 0.6 is 11.6 Å². The van der Waals surface area contributed by atoms with Gasteiger partial charge in [-0.1, -0.05) is 17.7 Å². The van der Waals surface area contributed by atoms with Gasteiger partial charge in [0.05, 0.1) is 10.6 Å². The van der Waals surface area contributed by atoms with Crippen molar-refractivity contribution in [2.45, 2.75) is 25.3 Å². The molecule has 3 nitrogen and oxygen atoms in total. The van der Waals surface area contributed by atoms with Crippen molar-refractivity contribution < 1.29 is 9.90 Å². The highest BCUT2D eigenvalue weighted by molar-refractivity contribution is 6.33. The Morgan fingerprint density at radius 2 is 2.27 bits per heavy atom. The largest absolute Gasteiger partial charge is 0.478 e. The Hall–Kier alpha value is -1.06. The molecule has 0 amide bonds. The second-order valence-corrected chi connectivity index (χ2v) is 4.20. The number of halogens is 1. The van der Waals surface area contributed by atoms with E-state index in [2.05, 4.69) is 0 Å². The zero-order chi connectivity index (χ0) is 11.0. The van der Waals surface area contributed by atoms with Crippen LogP contribution in [0, 0.1) is 0 Å². The van der Waals surface area contributed by atoms with Crippen molar-refractivity contribution in [3.63, 3.8) is 0 Å². The van der Waals surface area contributed by atoms with E-state index in [4.69, 9.17) is 22.4 Å². The first-order chi connectivity index (χ1) is 7.11. The third-order valence-electron chi connectivity index (χ3n) is 2.85. The second kappa shape index (κ2) is 3.83. The Labute approximate surface area is 92.8 Å². The molecule has 1 aliphatic rings. The fraction of sp³-hybridized carbons (Fsp3) is 0.364. The van der Waals surface area contributed by atoms with Gasteiger partial charge in [0.2, 0.25) is 0 Å². The average molecular weight is 226 g/mol. The molecular weight excluding hydrogens is 214 g/mol. The lowest BCUT2D eigenvalue weighted by Crippen LogP contribution is -2.20. The Morgan fingerprint density at radius 1 is 1.53 bits per heavy atom. The number of hydrogen-bond donors (Lipinski definition) is 2. The highest BCUT2D eigenvalue weighted by Gasteiger charge is 2.24. The Bertz CT molecular complexity index is 417. The molecule has 4 heteroatoms. The van der Waals surface area contributed by atoms with Gasteiger partial charge in [-0.25, -0.2) is 4.79 Å². The summed E-state index contributed by atoms with van der Waals surface area (Å²) in [6.07, 6.45) is 2.59. The van der Waals surface area contributed by atoms with Crippen molar-refractivity contribution in [3.8, 4) is 0 Å². The van der Waals surface area contributed by atoms with Gasteiger partial charge in [-0.15, -0.1) is 0 Å². The molecular formula is C11H12ClNO2. The van der Waals surface area contributed by atoms with Crippen LogP contribution in [-0.2, 0) is 6.42 Å². The number of nitrogens with two attached hydrogens (primary N) is 1. The molecule has 0 aromatic heterocycles. The summed E-state index contributed by atoms with van der Waals surface area (Å²) < 4.78 is 0. The van der Waals surface area contributed by atoms with E-state index in [-0.39, 0.29) is 11.6 Å². The van der Waals surface area contributed by atoms with Crippen LogP contribution in [0.25, 0.3) is 0 Å². The standard InChI is InChI=1S/C11H12ClNO2/c12-8-5-4-6-7(10(8)11(14)15)2-1-3-9(6)13/h4-5,9H,1-3,13H2,(H,14,15)/t9-/m1/s1. The molecule has 2 rings (SSSR count). The minimum absolute atomic E-state index is 0.0517. The summed E-state index contributed by atoms with van der Waals surface area (Å²) in [6, 6.07) is 3.41. The van der Waals surface area contributed by atoms with Crippen LogP contribution in [-0.4, -0.2) is 11.1 Å². The summed E-state index contributed by atoms with van der Waals surface area (Å²) in [4.78, 5) is 11.1. The molecule has 1 atom stereocenters. The van der Waals surface area contributed by atoms with Crippen molar-refractivity contribution in [2.75, 3.05) is 0 Å². The molecule has 0 saturated heterocycles. The number of benzene rings is 1. The fourth-order valence-electron chi connectivity index (χ4n) is 2.14. The predicted octanol–water partition coefficient (Wildman–Crippen LogP) is 2.37. The van der Waals surface area contributed by atoms with E-state index in [9.17, 15) is 4.79 Å². The van der Waals surface area contributed by atoms with Gasteiger partial charge in [-0.05, 0) is 36.5 Å². The van der Waals surface area contributed by atoms with E-state index in [1.165, 1.54) is 0 Å². The van der Waals surface area contributed by atoms with E-state index >= 15 is 0 Å². The zero-order valence-corrected chi connectivity index (χ0v) is 8.92. The summed E-state index contributed by atoms with van der Waals surface area (Å²) in [5.74, 6) is -0.967. The van der Waals surface area contributed by atoms with Crippen LogP contribution in [0.3, 0.4) is 0 Å². The summed E-state index contributed by atoms with van der Waals surface area (Å²) in [5, 5.41) is 9.38. The maximum atomic E-state index is 11.1. The fourth-order valence-corrected chi connectivity index (χ4v) is 2.40. The quantitative estimate of drug-likeness (QED) is 0.771. The zero-order valence-electron chi connectivity index (χ0n) is 8.16. The number of carboxylic acids is 1. The van der Waals surface area contributed by atoms with Crippen molar-refractivity contribution in [3.05, 3.63) is 33.8 Å². The molecule has 1 aromatic rings. The van der Waals surface area contributed by atoms with Gasteiger partial charge >= 0.3 is 5.97 Å². The molecule has 0 heterocycles. The highest BCUT2D eigenvalue weighted by atomic mass is 35.5. The van der Waals surface area contributed by atoms with Gasteiger partial charge < -0.3 is 10.8 Å². The summed E-state index contributed by atoms with van der Waals surface area (Å²) in [5.41, 5.74) is 7.90. The summed E-state index contributed by atoms with van der Waals surface area (Å²) in [6.45, 7) is 0. The van der Waals surface area contributed by atoms with Crippen molar-refractivity contribution >= 4 is 17.6 Å². The van der Waals surface area contributed by atoms with Gasteiger partial charge in [-0.2, -0.15) is 0 Å². The van der Waals surface area contributed by atoms with Gasteiger partial charge in [0.25, 0.3) is 0 Å². The lowest BCUT2D eigenvalue weighted by atomic mass is 9.85. The Kier molecular flexibility index (Phi) is 2.67. The number of hydrogen-bond acceptors (Lipinski definition) is 2. The first kappa shape index (κ1) is 10.5. The lowest BCUT2D eigenvalue weighted by molar-refractivity contribution is 0.0695. The van der Waals surface area contributed by atoms with Crippen LogP contribution in [0.1, 0.15) is 40.4 Å². The van der Waals surface area contributed by atoms with E-state index < -0.39 is 5.97 Å². The number of rotatable bonds is 1. The molecule has 80 valence electrons. The highest BCUT2D eigenvalue weighted by Crippen LogP contribution is 2.33. The van der Waals surface area contributed by atoms with Crippen LogP contribution in [0.5, 0.6) is 0 Å². The van der Waals surface area contributed by atoms with Crippen LogP contribution in [0.15, 0.2) is 12.1 Å². The Balaban J connectivity index is 2.63. The lowest BCUT2D eigenvalue weighted by Gasteiger charge is -2.23. The molecule has 0 fully saturated rings. The maximum Gasteiger partial charge on any atom is 0.337 e. The first-order valence-corrected chi connectivity index (χ1v) is 5.29. The van der Waals surface area contributed by atoms with E-state index in [0.29, 0.717) is 5.02 Å². The SMILES string of the molecule is N[C@@H]1CCCc2c1ccc(Cl)c2C(=O)O. The van der Waals surface area contributed by atoms with Crippen molar-refractivity contribution in [1.29, 1.82) is 0 Å². The Morgan fingerprint density at radius 3 is 2.93 bits per heavy atom. The molecule has 3 N–H and O–H groups in total. The third kappa shape index (κ3) is 1.73. The maximum absolute atomic E-state index is 11.1. The van der Waals surface area contributed by atoms with Crippen LogP contribution < -0.4 is 5.73 Å². The van der Waals surface area contributed by atoms with Gasteiger partial charge in [0.1, 0.15) is 0 Å². The normalized spacial score (nSPS) is 19.7. The first-order valence-electron chi connectivity index (χ1n) is 4.91. The minimum Gasteiger partial charge on any atom is -0.478 e. The molecule has 0 spiro atoms. The third-order valence-corrected chi connectivity index (χ3v) is 3.17. The summed E-state index contributed by atoms with van der Waals surface area (Å²) in [7, 11) is 0. The van der Waals surface area contributed by atoms with E-state index in [1.54, 1.807) is 6.07 Å². The molecule has 1 aliphatic carbocycles. The van der Waals surface area contributed by atoms with Gasteiger partial charge in [-0.3, -0.25) is 0 Å². The minimum atomic E-state index is -0.967. The molecule has 0 saturated carbocycles. The molecule has 0 aliphatic heterocycles. The average Bonchev–Trinajstić information content (AvgIpc) is 2.17. The molecule has 15 heavy (non-hydrogen) atoms. The molecule has 0 bridgehead atoms. The van der Waals surface area contributed by atoms with Gasteiger partial charge in [0, 0.05) is 6.04 Å². The second-order valence-electron chi connectivity index (χ2n) is 3.79.